The van der Waals surface area contributed by atoms with Gasteiger partial charge in [0.2, 0.25) is 0 Å². The molecule has 0 unspecified atom stereocenters. The van der Waals surface area contributed by atoms with Gasteiger partial charge in [0.25, 0.3) is 0 Å². The molecular formula is C10H15ClO4. The number of rotatable bonds is 4. The maximum Gasteiger partial charge on any atom is 0.330 e. The number of carbonyl (C=O) groups excluding carboxylic acids is 2. The third-order valence-corrected chi connectivity index (χ3v) is 0.929. The molecule has 0 aromatic heterocycles. The molecule has 0 bridgehead atoms. The molecular weight excluding hydrogens is 220 g/mol. The topological polar surface area (TPSA) is 52.6 Å². The van der Waals surface area contributed by atoms with Gasteiger partial charge in [0, 0.05) is 12.2 Å². The third kappa shape index (κ3) is 15.5. The van der Waals surface area contributed by atoms with Crippen molar-refractivity contribution in [1.29, 1.82) is 0 Å². The lowest BCUT2D eigenvalue weighted by molar-refractivity contribution is -0.140. The van der Waals surface area contributed by atoms with Gasteiger partial charge in [0.15, 0.2) is 0 Å². The molecule has 4 nitrogen and oxygen atoms in total. The van der Waals surface area contributed by atoms with E-state index in [4.69, 9.17) is 11.6 Å². The number of halogens is 1. The first-order chi connectivity index (χ1) is 7.12. The van der Waals surface area contributed by atoms with Crippen molar-refractivity contribution in [1.82, 2.24) is 0 Å². The Bertz CT molecular complexity index is 203. The van der Waals surface area contributed by atoms with Gasteiger partial charge in [0.05, 0.1) is 13.2 Å². The van der Waals surface area contributed by atoms with Crippen LogP contribution in [0.3, 0.4) is 0 Å². The van der Waals surface area contributed by atoms with Gasteiger partial charge >= 0.3 is 11.9 Å². The highest BCUT2D eigenvalue weighted by Gasteiger charge is 1.97. The van der Waals surface area contributed by atoms with E-state index < -0.39 is 11.9 Å². The average molecular weight is 235 g/mol. The van der Waals surface area contributed by atoms with Crippen LogP contribution in [-0.2, 0) is 19.1 Å². The summed E-state index contributed by atoms with van der Waals surface area (Å²) in [5, 5.41) is 0. The lowest BCUT2D eigenvalue weighted by Gasteiger charge is -1.95. The molecule has 0 aromatic carbocycles. The summed E-state index contributed by atoms with van der Waals surface area (Å²) in [5.74, 6) is -1.07. The molecule has 0 fully saturated rings. The largest absolute Gasteiger partial charge is 0.463 e. The highest BCUT2D eigenvalue weighted by atomic mass is 35.5. The quantitative estimate of drug-likeness (QED) is 0.552. The number of hydrogen-bond acceptors (Lipinski definition) is 4. The maximum atomic E-state index is 10.6. The zero-order valence-corrected chi connectivity index (χ0v) is 9.62. The van der Waals surface area contributed by atoms with Gasteiger partial charge in [-0.2, -0.15) is 0 Å². The summed E-state index contributed by atoms with van der Waals surface area (Å²) in [6.07, 6.45) is 2.09. The minimum absolute atomic E-state index is 0.298. The summed E-state index contributed by atoms with van der Waals surface area (Å²) in [5.41, 5.74) is 1.22. The van der Waals surface area contributed by atoms with E-state index in [0.717, 1.165) is 12.2 Å². The Morgan fingerprint density at radius 3 is 1.60 bits per heavy atom. The van der Waals surface area contributed by atoms with Crippen LogP contribution in [0.15, 0.2) is 24.3 Å². The van der Waals surface area contributed by atoms with Crippen molar-refractivity contribution >= 4 is 23.5 Å². The van der Waals surface area contributed by atoms with Crippen LogP contribution in [0.25, 0.3) is 0 Å². The fourth-order valence-electron chi connectivity index (χ4n) is 0.517. The average Bonchev–Trinajstić information content (AvgIpc) is 2.17. The summed E-state index contributed by atoms with van der Waals surface area (Å²) >= 11 is 4.76. The van der Waals surface area contributed by atoms with Crippen LogP contribution >= 0.6 is 11.6 Å². The standard InChI is InChI=1S/C8H12O4.C2H3Cl/c1-3-11-7(9)5-6-8(10)12-4-2;1-2-3/h5-6H,3-4H2,1-2H3;2H,1H2. The van der Waals surface area contributed by atoms with Crippen LogP contribution in [-0.4, -0.2) is 25.2 Å². The van der Waals surface area contributed by atoms with Crippen LogP contribution in [0.2, 0.25) is 0 Å². The van der Waals surface area contributed by atoms with Crippen LogP contribution < -0.4 is 0 Å². The third-order valence-electron chi connectivity index (χ3n) is 0.929. The monoisotopic (exact) mass is 234 g/mol. The Kier molecular flexibility index (Phi) is 13.7. The van der Waals surface area contributed by atoms with Gasteiger partial charge in [-0.05, 0) is 19.4 Å². The molecule has 0 amide bonds. The number of hydrogen-bond donors (Lipinski definition) is 0. The van der Waals surface area contributed by atoms with Gasteiger partial charge in [-0.15, -0.1) is 0 Å². The summed E-state index contributed by atoms with van der Waals surface area (Å²) in [7, 11) is 0. The maximum absolute atomic E-state index is 10.6. The first-order valence-corrected chi connectivity index (χ1v) is 4.78. The van der Waals surface area contributed by atoms with Crippen molar-refractivity contribution in [2.75, 3.05) is 13.2 Å². The van der Waals surface area contributed by atoms with Crippen molar-refractivity contribution < 1.29 is 19.1 Å². The Hall–Kier alpha value is -1.29. The minimum Gasteiger partial charge on any atom is -0.463 e. The predicted molar refractivity (Wildman–Crippen MR) is 58.5 cm³/mol. The summed E-state index contributed by atoms with van der Waals surface area (Å²) in [6.45, 7) is 7.10. The van der Waals surface area contributed by atoms with Gasteiger partial charge in [0.1, 0.15) is 0 Å². The molecule has 0 atom stereocenters. The molecule has 5 heteroatoms. The molecule has 0 spiro atoms. The molecule has 0 radical (unpaired) electrons. The highest BCUT2D eigenvalue weighted by Crippen LogP contribution is 1.84. The van der Waals surface area contributed by atoms with Gasteiger partial charge in [-0.25, -0.2) is 9.59 Å². The van der Waals surface area contributed by atoms with Crippen LogP contribution in [0.1, 0.15) is 13.8 Å². The minimum atomic E-state index is -0.537. The highest BCUT2D eigenvalue weighted by molar-refractivity contribution is 6.25. The number of carbonyl (C=O) groups is 2. The zero-order valence-electron chi connectivity index (χ0n) is 8.86. The smallest absolute Gasteiger partial charge is 0.330 e. The van der Waals surface area contributed by atoms with E-state index in [2.05, 4.69) is 16.1 Å². The normalized spacial score (nSPS) is 8.73. The Balaban J connectivity index is 0. The Morgan fingerprint density at radius 1 is 1.13 bits per heavy atom. The zero-order chi connectivity index (χ0) is 12.1. The van der Waals surface area contributed by atoms with E-state index in [1.54, 1.807) is 13.8 Å². The molecule has 0 aliphatic carbocycles. The van der Waals surface area contributed by atoms with Crippen LogP contribution in [0.4, 0.5) is 0 Å². The van der Waals surface area contributed by atoms with E-state index in [9.17, 15) is 9.59 Å². The lowest BCUT2D eigenvalue weighted by atomic mass is 10.5. The molecule has 0 saturated heterocycles. The Morgan fingerprint density at radius 2 is 1.40 bits per heavy atom. The van der Waals surface area contributed by atoms with E-state index in [1.807, 2.05) is 0 Å². The van der Waals surface area contributed by atoms with Crippen LogP contribution in [0.5, 0.6) is 0 Å². The van der Waals surface area contributed by atoms with Crippen molar-refractivity contribution in [2.45, 2.75) is 13.8 Å². The fraction of sp³-hybridized carbons (Fsp3) is 0.400. The van der Waals surface area contributed by atoms with Crippen molar-refractivity contribution in [3.63, 3.8) is 0 Å². The van der Waals surface area contributed by atoms with E-state index in [-0.39, 0.29) is 0 Å². The van der Waals surface area contributed by atoms with Crippen molar-refractivity contribution in [3.8, 4) is 0 Å². The van der Waals surface area contributed by atoms with E-state index in [1.165, 1.54) is 5.54 Å². The second-order valence-electron chi connectivity index (χ2n) is 1.99. The first kappa shape index (κ1) is 16.2. The molecule has 0 heterocycles. The second-order valence-corrected chi connectivity index (χ2v) is 2.30. The molecule has 0 aliphatic heterocycles. The fourth-order valence-corrected chi connectivity index (χ4v) is 0.517. The second kappa shape index (κ2) is 12.7. The van der Waals surface area contributed by atoms with Crippen molar-refractivity contribution in [3.05, 3.63) is 24.3 Å². The predicted octanol–water partition coefficient (Wildman–Crippen LogP) is 2.04. The molecule has 0 saturated carbocycles. The van der Waals surface area contributed by atoms with Gasteiger partial charge < -0.3 is 9.47 Å². The molecule has 0 N–H and O–H groups in total. The van der Waals surface area contributed by atoms with E-state index in [0.29, 0.717) is 13.2 Å². The van der Waals surface area contributed by atoms with Gasteiger partial charge in [-0.1, -0.05) is 18.2 Å². The number of esters is 2. The van der Waals surface area contributed by atoms with Crippen molar-refractivity contribution in [2.24, 2.45) is 0 Å². The number of ether oxygens (including phenoxy) is 2. The summed E-state index contributed by atoms with van der Waals surface area (Å²) in [4.78, 5) is 21.3. The Labute approximate surface area is 94.5 Å². The molecule has 0 rings (SSSR count). The SMILES string of the molecule is C=CCl.CCOC(=O)C=CC(=O)OCC. The lowest BCUT2D eigenvalue weighted by Crippen LogP contribution is -2.03. The summed E-state index contributed by atoms with van der Waals surface area (Å²) in [6, 6.07) is 0. The van der Waals surface area contributed by atoms with Crippen LogP contribution in [0, 0.1) is 0 Å². The molecule has 0 aliphatic rings. The first-order valence-electron chi connectivity index (χ1n) is 4.35. The molecule has 86 valence electrons. The van der Waals surface area contributed by atoms with Gasteiger partial charge in [-0.3, -0.25) is 0 Å². The van der Waals surface area contributed by atoms with E-state index >= 15 is 0 Å². The molecule has 15 heavy (non-hydrogen) atoms. The molecule has 0 aromatic rings. The summed E-state index contributed by atoms with van der Waals surface area (Å²) < 4.78 is 9.07.